The van der Waals surface area contributed by atoms with E-state index in [2.05, 4.69) is 5.32 Å². The minimum Gasteiger partial charge on any atom is -0.349 e. The number of nitrogens with one attached hydrogen (secondary N) is 1. The summed E-state index contributed by atoms with van der Waals surface area (Å²) in [6, 6.07) is 4.83. The average Bonchev–Trinajstić information content (AvgIpc) is 2.88. The summed E-state index contributed by atoms with van der Waals surface area (Å²) in [5.41, 5.74) is 0.414. The van der Waals surface area contributed by atoms with E-state index in [-0.39, 0.29) is 12.0 Å². The predicted octanol–water partition coefficient (Wildman–Crippen LogP) is 3.80. The Hall–Kier alpha value is -0.810. The minimum atomic E-state index is -0.411. The maximum Gasteiger partial charge on any atom is 0.252 e. The molecule has 0 aromatic heterocycles. The largest absolute Gasteiger partial charge is 0.349 e. The Morgan fingerprint density at radius 2 is 2.05 bits per heavy atom. The fourth-order valence-electron chi connectivity index (χ4n) is 3.05. The lowest BCUT2D eigenvalue weighted by atomic mass is 9.94. The molecule has 1 atom stereocenters. The number of amides is 1. The Balaban J connectivity index is 1.53. The zero-order chi connectivity index (χ0) is 15.6. The molecule has 120 valence electrons. The second kappa shape index (κ2) is 6.75. The highest BCUT2D eigenvalue weighted by Crippen LogP contribution is 2.37. The standard InChI is InChI=1S/C16H19Cl2NO3/c17-11-4-5-13(14(18)8-11)15(20)19-9-12-10-21-16(22-12)6-2-1-3-7-16/h4-5,8,12H,1-3,6-7,9-10H2,(H,19,20). The highest BCUT2D eigenvalue weighted by Gasteiger charge is 2.42. The molecule has 1 spiro atoms. The molecule has 1 saturated heterocycles. The molecular weight excluding hydrogens is 325 g/mol. The van der Waals surface area contributed by atoms with Gasteiger partial charge in [0, 0.05) is 24.4 Å². The predicted molar refractivity (Wildman–Crippen MR) is 85.4 cm³/mol. The van der Waals surface area contributed by atoms with Gasteiger partial charge in [-0.05, 0) is 31.0 Å². The van der Waals surface area contributed by atoms with E-state index in [1.807, 2.05) is 0 Å². The molecule has 1 saturated carbocycles. The van der Waals surface area contributed by atoms with Crippen molar-refractivity contribution in [2.45, 2.75) is 44.0 Å². The van der Waals surface area contributed by atoms with Gasteiger partial charge in [0.2, 0.25) is 0 Å². The van der Waals surface area contributed by atoms with Crippen molar-refractivity contribution in [3.8, 4) is 0 Å². The van der Waals surface area contributed by atoms with Crippen LogP contribution in [-0.4, -0.2) is 30.9 Å². The van der Waals surface area contributed by atoms with E-state index in [1.165, 1.54) is 6.42 Å². The average molecular weight is 344 g/mol. The van der Waals surface area contributed by atoms with Crippen LogP contribution >= 0.6 is 23.2 Å². The molecule has 1 aromatic rings. The number of carbonyl (C=O) groups excluding carboxylic acids is 1. The quantitative estimate of drug-likeness (QED) is 0.907. The zero-order valence-corrected chi connectivity index (χ0v) is 13.8. The van der Waals surface area contributed by atoms with E-state index in [1.54, 1.807) is 18.2 Å². The first-order valence-corrected chi connectivity index (χ1v) is 8.39. The summed E-state index contributed by atoms with van der Waals surface area (Å²) < 4.78 is 11.9. The van der Waals surface area contributed by atoms with Gasteiger partial charge in [-0.3, -0.25) is 4.79 Å². The van der Waals surface area contributed by atoms with Gasteiger partial charge in [-0.25, -0.2) is 0 Å². The number of benzene rings is 1. The smallest absolute Gasteiger partial charge is 0.252 e. The fourth-order valence-corrected chi connectivity index (χ4v) is 3.54. The Morgan fingerprint density at radius 3 is 2.77 bits per heavy atom. The van der Waals surface area contributed by atoms with Crippen LogP contribution in [0.1, 0.15) is 42.5 Å². The minimum absolute atomic E-state index is 0.104. The third-order valence-electron chi connectivity index (χ3n) is 4.20. The van der Waals surface area contributed by atoms with Gasteiger partial charge in [0.1, 0.15) is 6.10 Å². The van der Waals surface area contributed by atoms with Crippen LogP contribution in [-0.2, 0) is 9.47 Å². The Bertz CT molecular complexity index is 558. The van der Waals surface area contributed by atoms with Gasteiger partial charge in [-0.2, -0.15) is 0 Å². The summed E-state index contributed by atoms with van der Waals surface area (Å²) in [4.78, 5) is 12.2. The Morgan fingerprint density at radius 1 is 1.27 bits per heavy atom. The van der Waals surface area contributed by atoms with Gasteiger partial charge in [0.05, 0.1) is 17.2 Å². The van der Waals surface area contributed by atoms with E-state index >= 15 is 0 Å². The maximum atomic E-state index is 12.2. The van der Waals surface area contributed by atoms with Crippen molar-refractivity contribution < 1.29 is 14.3 Å². The summed E-state index contributed by atoms with van der Waals surface area (Å²) in [5, 5.41) is 3.70. The summed E-state index contributed by atoms with van der Waals surface area (Å²) in [5.74, 6) is -0.638. The topological polar surface area (TPSA) is 47.6 Å². The molecule has 0 radical (unpaired) electrons. The van der Waals surface area contributed by atoms with Crippen molar-refractivity contribution in [3.63, 3.8) is 0 Å². The van der Waals surface area contributed by atoms with Gasteiger partial charge < -0.3 is 14.8 Å². The second-order valence-electron chi connectivity index (χ2n) is 5.86. The number of carbonyl (C=O) groups is 1. The van der Waals surface area contributed by atoms with Crippen LogP contribution in [0.15, 0.2) is 18.2 Å². The van der Waals surface area contributed by atoms with Crippen molar-refractivity contribution in [1.29, 1.82) is 0 Å². The first-order chi connectivity index (χ1) is 10.6. The number of ether oxygens (including phenoxy) is 2. The normalized spacial score (nSPS) is 23.6. The van der Waals surface area contributed by atoms with Crippen LogP contribution < -0.4 is 5.32 Å². The molecule has 1 amide bonds. The third kappa shape index (κ3) is 3.57. The van der Waals surface area contributed by atoms with Crippen molar-refractivity contribution >= 4 is 29.1 Å². The fraction of sp³-hybridized carbons (Fsp3) is 0.562. The van der Waals surface area contributed by atoms with Gasteiger partial charge in [0.15, 0.2) is 5.79 Å². The van der Waals surface area contributed by atoms with Crippen LogP contribution in [0.4, 0.5) is 0 Å². The third-order valence-corrected chi connectivity index (χ3v) is 4.74. The molecule has 1 unspecified atom stereocenters. The summed E-state index contributed by atoms with van der Waals surface area (Å²) >= 11 is 11.9. The molecule has 1 N–H and O–H groups in total. The molecular formula is C16H19Cl2NO3. The summed E-state index contributed by atoms with van der Waals surface area (Å²) in [6.45, 7) is 0.939. The number of rotatable bonds is 3. The van der Waals surface area contributed by atoms with Crippen molar-refractivity contribution in [1.82, 2.24) is 5.32 Å². The highest BCUT2D eigenvalue weighted by atomic mass is 35.5. The van der Waals surface area contributed by atoms with E-state index in [9.17, 15) is 4.79 Å². The molecule has 4 nitrogen and oxygen atoms in total. The van der Waals surface area contributed by atoms with E-state index < -0.39 is 5.79 Å². The van der Waals surface area contributed by atoms with Crippen LogP contribution in [0.2, 0.25) is 10.0 Å². The zero-order valence-electron chi connectivity index (χ0n) is 12.2. The number of halogens is 2. The van der Waals surface area contributed by atoms with E-state index in [0.717, 1.165) is 25.7 Å². The number of hydrogen-bond acceptors (Lipinski definition) is 3. The van der Waals surface area contributed by atoms with Crippen molar-refractivity contribution in [3.05, 3.63) is 33.8 Å². The first-order valence-electron chi connectivity index (χ1n) is 7.63. The second-order valence-corrected chi connectivity index (χ2v) is 6.70. The van der Waals surface area contributed by atoms with Gasteiger partial charge in [-0.1, -0.05) is 29.6 Å². The summed E-state index contributed by atoms with van der Waals surface area (Å²) in [7, 11) is 0. The van der Waals surface area contributed by atoms with Gasteiger partial charge in [0.25, 0.3) is 5.91 Å². The lowest BCUT2D eigenvalue weighted by molar-refractivity contribution is -0.186. The molecule has 1 aliphatic heterocycles. The van der Waals surface area contributed by atoms with E-state index in [0.29, 0.717) is 28.8 Å². The van der Waals surface area contributed by atoms with Gasteiger partial charge in [-0.15, -0.1) is 0 Å². The van der Waals surface area contributed by atoms with Crippen LogP contribution in [0, 0.1) is 0 Å². The van der Waals surface area contributed by atoms with Crippen LogP contribution in [0.25, 0.3) is 0 Å². The lowest BCUT2D eigenvalue weighted by Crippen LogP contribution is -2.37. The molecule has 1 aliphatic carbocycles. The molecule has 2 fully saturated rings. The van der Waals surface area contributed by atoms with Crippen molar-refractivity contribution in [2.75, 3.05) is 13.2 Å². The van der Waals surface area contributed by atoms with E-state index in [4.69, 9.17) is 32.7 Å². The van der Waals surface area contributed by atoms with Crippen molar-refractivity contribution in [2.24, 2.45) is 0 Å². The molecule has 1 aromatic carbocycles. The highest BCUT2D eigenvalue weighted by molar-refractivity contribution is 6.36. The Kier molecular flexibility index (Phi) is 4.93. The van der Waals surface area contributed by atoms with Gasteiger partial charge >= 0.3 is 0 Å². The molecule has 22 heavy (non-hydrogen) atoms. The maximum absolute atomic E-state index is 12.2. The summed E-state index contributed by atoms with van der Waals surface area (Å²) in [6.07, 6.45) is 5.30. The monoisotopic (exact) mass is 343 g/mol. The first kappa shape index (κ1) is 16.1. The van der Waals surface area contributed by atoms with Crippen LogP contribution in [0.5, 0.6) is 0 Å². The molecule has 6 heteroatoms. The van der Waals surface area contributed by atoms with Crippen LogP contribution in [0.3, 0.4) is 0 Å². The SMILES string of the molecule is O=C(NCC1COC2(CCCCC2)O1)c1ccc(Cl)cc1Cl. The Labute approximate surface area is 140 Å². The molecule has 2 aliphatic rings. The number of hydrogen-bond donors (Lipinski definition) is 1. The molecule has 3 rings (SSSR count). The molecule has 1 heterocycles. The molecule has 0 bridgehead atoms. The lowest BCUT2D eigenvalue weighted by Gasteiger charge is -2.31.